The second kappa shape index (κ2) is 3.05. The summed E-state index contributed by atoms with van der Waals surface area (Å²) in [6.07, 6.45) is 0.708. The second-order valence-corrected chi connectivity index (χ2v) is 2.71. The van der Waals surface area contributed by atoms with E-state index in [1.54, 1.807) is 6.07 Å². The number of aryl methyl sites for hydroxylation is 1. The molecule has 0 atom stereocenters. The van der Waals surface area contributed by atoms with Gasteiger partial charge >= 0.3 is 0 Å². The zero-order chi connectivity index (χ0) is 9.26. The summed E-state index contributed by atoms with van der Waals surface area (Å²) in [5.74, 6) is 0.341. The Morgan fingerprint density at radius 1 is 1.23 bits per heavy atom. The molecule has 0 unspecified atom stereocenters. The minimum atomic E-state index is -0.296. The first-order chi connectivity index (χ1) is 6.29. The van der Waals surface area contributed by atoms with E-state index in [2.05, 4.69) is 15.2 Å². The van der Waals surface area contributed by atoms with Crippen LogP contribution in [0.5, 0.6) is 0 Å². The third kappa shape index (κ3) is 1.47. The van der Waals surface area contributed by atoms with Gasteiger partial charge in [-0.3, -0.25) is 0 Å². The molecule has 66 valence electrons. The molecule has 0 saturated carbocycles. The number of hydrogen-bond donors (Lipinski definition) is 0. The van der Waals surface area contributed by atoms with Gasteiger partial charge in [0.2, 0.25) is 0 Å². The lowest BCUT2D eigenvalue weighted by atomic mass is 10.3. The molecule has 0 aliphatic heterocycles. The van der Waals surface area contributed by atoms with Crippen LogP contribution in [0.1, 0.15) is 12.7 Å². The van der Waals surface area contributed by atoms with E-state index in [1.165, 1.54) is 12.1 Å². The highest BCUT2D eigenvalue weighted by Gasteiger charge is 2.00. The molecule has 0 fully saturated rings. The topological polar surface area (TPSA) is 38.7 Å². The van der Waals surface area contributed by atoms with E-state index in [0.717, 1.165) is 0 Å². The molecule has 0 radical (unpaired) electrons. The average Bonchev–Trinajstić information content (AvgIpc) is 2.16. The highest BCUT2D eigenvalue weighted by molar-refractivity contribution is 5.73. The molecule has 0 aliphatic carbocycles. The second-order valence-electron chi connectivity index (χ2n) is 2.71. The Balaban J connectivity index is 2.68. The Hall–Kier alpha value is -1.58. The Bertz CT molecular complexity index is 442. The SMILES string of the molecule is CCc1nnc2ccc(F)cc2n1. The minimum absolute atomic E-state index is 0.296. The molecule has 2 rings (SSSR count). The standard InChI is InChI=1S/C9H8FN3/c1-2-9-11-8-5-6(10)3-4-7(8)12-13-9/h3-5H,2H2,1H3. The number of benzene rings is 1. The summed E-state index contributed by atoms with van der Waals surface area (Å²) in [5, 5.41) is 7.79. The van der Waals surface area contributed by atoms with Crippen LogP contribution in [-0.2, 0) is 6.42 Å². The zero-order valence-electron chi connectivity index (χ0n) is 7.16. The lowest BCUT2D eigenvalue weighted by molar-refractivity contribution is 0.629. The van der Waals surface area contributed by atoms with Crippen LogP contribution >= 0.6 is 0 Å². The molecule has 0 N–H and O–H groups in total. The van der Waals surface area contributed by atoms with Gasteiger partial charge in [-0.2, -0.15) is 0 Å². The Labute approximate surface area is 74.6 Å². The maximum Gasteiger partial charge on any atom is 0.151 e. The van der Waals surface area contributed by atoms with Crippen molar-refractivity contribution in [3.8, 4) is 0 Å². The molecule has 1 aromatic carbocycles. The molecule has 0 aliphatic rings. The Kier molecular flexibility index (Phi) is 1.88. The van der Waals surface area contributed by atoms with E-state index >= 15 is 0 Å². The van der Waals surface area contributed by atoms with E-state index in [0.29, 0.717) is 23.3 Å². The summed E-state index contributed by atoms with van der Waals surface area (Å²) in [5.41, 5.74) is 1.19. The number of fused-ring (bicyclic) bond motifs is 1. The van der Waals surface area contributed by atoms with Crippen molar-refractivity contribution >= 4 is 11.0 Å². The first-order valence-electron chi connectivity index (χ1n) is 4.08. The van der Waals surface area contributed by atoms with Gasteiger partial charge in [-0.05, 0) is 12.1 Å². The first-order valence-corrected chi connectivity index (χ1v) is 4.08. The van der Waals surface area contributed by atoms with Gasteiger partial charge in [-0.25, -0.2) is 9.37 Å². The van der Waals surface area contributed by atoms with Crippen molar-refractivity contribution in [2.24, 2.45) is 0 Å². The summed E-state index contributed by atoms with van der Waals surface area (Å²) in [6.45, 7) is 1.93. The van der Waals surface area contributed by atoms with Crippen LogP contribution < -0.4 is 0 Å². The van der Waals surface area contributed by atoms with Crippen LogP contribution in [0.25, 0.3) is 11.0 Å². The molecule has 0 amide bonds. The van der Waals surface area contributed by atoms with Crippen molar-refractivity contribution in [2.75, 3.05) is 0 Å². The monoisotopic (exact) mass is 177 g/mol. The number of rotatable bonds is 1. The lowest BCUT2D eigenvalue weighted by Crippen LogP contribution is -1.96. The highest BCUT2D eigenvalue weighted by atomic mass is 19.1. The molecular formula is C9H8FN3. The minimum Gasteiger partial charge on any atom is -0.229 e. The highest BCUT2D eigenvalue weighted by Crippen LogP contribution is 2.09. The Morgan fingerprint density at radius 3 is 2.85 bits per heavy atom. The van der Waals surface area contributed by atoms with Crippen LogP contribution in [-0.4, -0.2) is 15.2 Å². The number of halogens is 1. The smallest absolute Gasteiger partial charge is 0.151 e. The number of aromatic nitrogens is 3. The summed E-state index contributed by atoms with van der Waals surface area (Å²) >= 11 is 0. The van der Waals surface area contributed by atoms with Crippen LogP contribution in [0.2, 0.25) is 0 Å². The van der Waals surface area contributed by atoms with Crippen LogP contribution in [0.15, 0.2) is 18.2 Å². The molecule has 4 heteroatoms. The van der Waals surface area contributed by atoms with E-state index in [9.17, 15) is 4.39 Å². The largest absolute Gasteiger partial charge is 0.229 e. The van der Waals surface area contributed by atoms with E-state index in [4.69, 9.17) is 0 Å². The quantitative estimate of drug-likeness (QED) is 0.665. The molecule has 0 saturated heterocycles. The maximum absolute atomic E-state index is 12.8. The third-order valence-corrected chi connectivity index (χ3v) is 1.78. The normalized spacial score (nSPS) is 10.6. The molecule has 0 bridgehead atoms. The fraction of sp³-hybridized carbons (Fsp3) is 0.222. The summed E-state index contributed by atoms with van der Waals surface area (Å²) < 4.78 is 12.8. The van der Waals surface area contributed by atoms with Crippen molar-refractivity contribution in [1.82, 2.24) is 15.2 Å². The average molecular weight is 177 g/mol. The van der Waals surface area contributed by atoms with Gasteiger partial charge in [0.1, 0.15) is 11.3 Å². The molecule has 13 heavy (non-hydrogen) atoms. The first kappa shape index (κ1) is 8.04. The summed E-state index contributed by atoms with van der Waals surface area (Å²) in [6, 6.07) is 4.29. The van der Waals surface area contributed by atoms with E-state index < -0.39 is 0 Å². The molecule has 3 nitrogen and oxygen atoms in total. The van der Waals surface area contributed by atoms with Crippen LogP contribution in [0.4, 0.5) is 4.39 Å². The van der Waals surface area contributed by atoms with Gasteiger partial charge in [0.05, 0.1) is 5.52 Å². The van der Waals surface area contributed by atoms with Gasteiger partial charge < -0.3 is 0 Å². The van der Waals surface area contributed by atoms with Gasteiger partial charge in [-0.1, -0.05) is 6.92 Å². The Morgan fingerprint density at radius 2 is 2.08 bits per heavy atom. The lowest BCUT2D eigenvalue weighted by Gasteiger charge is -1.97. The third-order valence-electron chi connectivity index (χ3n) is 1.78. The predicted octanol–water partition coefficient (Wildman–Crippen LogP) is 1.73. The molecule has 2 aromatic rings. The van der Waals surface area contributed by atoms with Gasteiger partial charge in [0.25, 0.3) is 0 Å². The van der Waals surface area contributed by atoms with Crippen LogP contribution in [0.3, 0.4) is 0 Å². The summed E-state index contributed by atoms with van der Waals surface area (Å²) in [7, 11) is 0. The molecular weight excluding hydrogens is 169 g/mol. The molecule has 1 aromatic heterocycles. The van der Waals surface area contributed by atoms with Crippen molar-refractivity contribution in [1.29, 1.82) is 0 Å². The van der Waals surface area contributed by atoms with Crippen molar-refractivity contribution in [2.45, 2.75) is 13.3 Å². The predicted molar refractivity (Wildman–Crippen MR) is 46.7 cm³/mol. The number of nitrogens with zero attached hydrogens (tertiary/aromatic N) is 3. The van der Waals surface area contributed by atoms with Crippen molar-refractivity contribution < 1.29 is 4.39 Å². The van der Waals surface area contributed by atoms with E-state index in [1.807, 2.05) is 6.92 Å². The summed E-state index contributed by atoms with van der Waals surface area (Å²) in [4.78, 5) is 4.14. The maximum atomic E-state index is 12.8. The van der Waals surface area contributed by atoms with Crippen LogP contribution in [0, 0.1) is 5.82 Å². The fourth-order valence-corrected chi connectivity index (χ4v) is 1.09. The van der Waals surface area contributed by atoms with Crippen molar-refractivity contribution in [3.63, 3.8) is 0 Å². The molecule has 0 spiro atoms. The van der Waals surface area contributed by atoms with Gasteiger partial charge in [0, 0.05) is 12.5 Å². The van der Waals surface area contributed by atoms with E-state index in [-0.39, 0.29) is 5.82 Å². The van der Waals surface area contributed by atoms with Crippen molar-refractivity contribution in [3.05, 3.63) is 29.8 Å². The number of hydrogen-bond acceptors (Lipinski definition) is 3. The zero-order valence-corrected chi connectivity index (χ0v) is 7.16. The van der Waals surface area contributed by atoms with Gasteiger partial charge in [0.15, 0.2) is 5.82 Å². The molecule has 1 heterocycles. The fourth-order valence-electron chi connectivity index (χ4n) is 1.09. The van der Waals surface area contributed by atoms with Gasteiger partial charge in [-0.15, -0.1) is 10.2 Å².